The van der Waals surface area contributed by atoms with Crippen molar-refractivity contribution < 1.29 is 35.7 Å². The molecule has 214 valence electrons. The minimum Gasteiger partial charge on any atom is -1.00 e. The topological polar surface area (TPSA) is 27.7 Å². The fourth-order valence-corrected chi connectivity index (χ4v) is 4.35. The molecule has 0 aliphatic heterocycles. The summed E-state index contributed by atoms with van der Waals surface area (Å²) in [5.41, 5.74) is 0. The summed E-state index contributed by atoms with van der Waals surface area (Å²) in [4.78, 5) is 0. The summed E-state index contributed by atoms with van der Waals surface area (Å²) >= 11 is 0. The lowest BCUT2D eigenvalue weighted by molar-refractivity contribution is -0.870. The Labute approximate surface area is 231 Å². The molecular weight excluding hydrogens is 502 g/mol. The lowest BCUT2D eigenvalue weighted by Gasteiger charge is -2.23. The molecule has 4 nitrogen and oxygen atoms in total. The average molecular weight is 567 g/mol. The zero-order valence-corrected chi connectivity index (χ0v) is 26.2. The summed E-state index contributed by atoms with van der Waals surface area (Å²) < 4.78 is 18.5. The lowest BCUT2D eigenvalue weighted by Crippen LogP contribution is -3.00. The summed E-state index contributed by atoms with van der Waals surface area (Å²) in [5.74, 6) is 0. The van der Waals surface area contributed by atoms with Crippen LogP contribution in [0.15, 0.2) is 0 Å². The van der Waals surface area contributed by atoms with Crippen LogP contribution in [0, 0.1) is 0 Å². The van der Waals surface area contributed by atoms with Crippen molar-refractivity contribution in [1.29, 1.82) is 0 Å². The van der Waals surface area contributed by atoms with E-state index >= 15 is 0 Å². The van der Waals surface area contributed by atoms with Crippen LogP contribution in [-0.2, 0) is 14.2 Å². The van der Waals surface area contributed by atoms with Gasteiger partial charge in [0.15, 0.2) is 0 Å². The van der Waals surface area contributed by atoms with Crippen molar-refractivity contribution in [1.82, 2.24) is 0 Å². The van der Waals surface area contributed by atoms with Gasteiger partial charge in [0.2, 0.25) is 0 Å². The first-order chi connectivity index (χ1) is 16.5. The molecule has 1 atom stereocenters. The molecule has 0 bridgehead atoms. The zero-order valence-electron chi connectivity index (χ0n) is 24.6. The maximum absolute atomic E-state index is 5.88. The summed E-state index contributed by atoms with van der Waals surface area (Å²) in [5, 5.41) is 0. The van der Waals surface area contributed by atoms with Crippen LogP contribution < -0.4 is 17.0 Å². The van der Waals surface area contributed by atoms with Crippen molar-refractivity contribution in [3.8, 4) is 0 Å². The second kappa shape index (κ2) is 28.9. The molecule has 5 heteroatoms. The molecule has 0 aromatic carbocycles. The van der Waals surface area contributed by atoms with E-state index in [4.69, 9.17) is 14.2 Å². The van der Waals surface area contributed by atoms with Gasteiger partial charge in [-0.15, -0.1) is 0 Å². The average Bonchev–Trinajstić information content (AvgIpc) is 2.79. The third kappa shape index (κ3) is 32.3. The minimum atomic E-state index is 0. The Morgan fingerprint density at radius 2 is 0.886 bits per heavy atom. The van der Waals surface area contributed by atoms with Gasteiger partial charge < -0.3 is 35.7 Å². The van der Waals surface area contributed by atoms with E-state index in [0.717, 1.165) is 30.7 Å². The predicted octanol–water partition coefficient (Wildman–Crippen LogP) is 5.18. The molecule has 0 saturated heterocycles. The first kappa shape index (κ1) is 37.5. The van der Waals surface area contributed by atoms with Crippen LogP contribution in [0.1, 0.15) is 129 Å². The third-order valence-electron chi connectivity index (χ3n) is 6.52. The molecule has 1 unspecified atom stereocenters. The van der Waals surface area contributed by atoms with E-state index in [9.17, 15) is 0 Å². The molecular formula is C30H64BrNO3. The van der Waals surface area contributed by atoms with Gasteiger partial charge in [0.1, 0.15) is 6.10 Å². The van der Waals surface area contributed by atoms with Crippen molar-refractivity contribution in [3.05, 3.63) is 0 Å². The van der Waals surface area contributed by atoms with Gasteiger partial charge in [-0.25, -0.2) is 0 Å². The van der Waals surface area contributed by atoms with Gasteiger partial charge in [0.05, 0.1) is 40.9 Å². The number of ether oxygens (including phenoxy) is 3. The van der Waals surface area contributed by atoms with Gasteiger partial charge in [0, 0.05) is 19.8 Å². The zero-order chi connectivity index (χ0) is 25.2. The normalized spacial score (nSPS) is 12.6. The second-order valence-corrected chi connectivity index (χ2v) is 11.3. The van der Waals surface area contributed by atoms with Crippen molar-refractivity contribution in [2.24, 2.45) is 0 Å². The quantitative estimate of drug-likeness (QED) is 0.0966. The summed E-state index contributed by atoms with van der Waals surface area (Å²) in [6.07, 6.45) is 24.9. The molecule has 0 amide bonds. The number of unbranched alkanes of at least 4 members (excludes halogenated alkanes) is 16. The lowest BCUT2D eigenvalue weighted by atomic mass is 10.0. The number of quaternary nitrogens is 1. The van der Waals surface area contributed by atoms with Crippen LogP contribution in [0.4, 0.5) is 0 Å². The third-order valence-corrected chi connectivity index (χ3v) is 6.52. The van der Waals surface area contributed by atoms with Gasteiger partial charge in [-0.05, 0) is 26.2 Å². The van der Waals surface area contributed by atoms with Crippen molar-refractivity contribution >= 4 is 0 Å². The largest absolute Gasteiger partial charge is 1.00 e. The maximum Gasteiger partial charge on any atom is 0.104 e. The summed E-state index contributed by atoms with van der Waals surface area (Å²) in [7, 11) is 6.72. The van der Waals surface area contributed by atoms with E-state index in [2.05, 4.69) is 28.1 Å². The summed E-state index contributed by atoms with van der Waals surface area (Å²) in [6.45, 7) is 9.24. The fourth-order valence-electron chi connectivity index (χ4n) is 4.35. The van der Waals surface area contributed by atoms with E-state index < -0.39 is 0 Å². The van der Waals surface area contributed by atoms with Gasteiger partial charge in [-0.3, -0.25) is 0 Å². The Bertz CT molecular complexity index is 390. The predicted molar refractivity (Wildman–Crippen MR) is 149 cm³/mol. The molecule has 0 rings (SSSR count). The Morgan fingerprint density at radius 3 is 1.26 bits per heavy atom. The molecule has 0 aromatic heterocycles. The van der Waals surface area contributed by atoms with E-state index in [1.54, 1.807) is 0 Å². The highest BCUT2D eigenvalue weighted by molar-refractivity contribution is 4.56. The van der Waals surface area contributed by atoms with E-state index in [1.807, 2.05) is 6.92 Å². The molecule has 0 aliphatic rings. The molecule has 0 aliphatic carbocycles. The Morgan fingerprint density at radius 1 is 0.514 bits per heavy atom. The fraction of sp³-hybridized carbons (Fsp3) is 1.00. The monoisotopic (exact) mass is 565 g/mol. The highest BCUT2D eigenvalue weighted by Crippen LogP contribution is 2.13. The maximum atomic E-state index is 5.88. The van der Waals surface area contributed by atoms with Crippen LogP contribution in [0.2, 0.25) is 0 Å². The minimum absolute atomic E-state index is 0. The molecule has 0 spiro atoms. The Balaban J connectivity index is 0. The van der Waals surface area contributed by atoms with Crippen LogP contribution in [0.25, 0.3) is 0 Å². The highest BCUT2D eigenvalue weighted by Gasteiger charge is 2.10. The number of rotatable bonds is 28. The van der Waals surface area contributed by atoms with Gasteiger partial charge in [-0.2, -0.15) is 0 Å². The molecule has 0 N–H and O–H groups in total. The van der Waals surface area contributed by atoms with Crippen LogP contribution >= 0.6 is 0 Å². The van der Waals surface area contributed by atoms with E-state index in [-0.39, 0.29) is 23.1 Å². The number of halogens is 1. The smallest absolute Gasteiger partial charge is 0.104 e. The molecule has 0 fully saturated rings. The second-order valence-electron chi connectivity index (χ2n) is 11.3. The molecule has 35 heavy (non-hydrogen) atoms. The first-order valence-corrected chi connectivity index (χ1v) is 15.1. The van der Waals surface area contributed by atoms with Crippen LogP contribution in [-0.4, -0.2) is 71.3 Å². The van der Waals surface area contributed by atoms with Gasteiger partial charge >= 0.3 is 0 Å². The Hall–Kier alpha value is 0.320. The van der Waals surface area contributed by atoms with E-state index in [0.29, 0.717) is 13.2 Å². The van der Waals surface area contributed by atoms with Crippen LogP contribution in [0.3, 0.4) is 0 Å². The van der Waals surface area contributed by atoms with Crippen molar-refractivity contribution in [3.63, 3.8) is 0 Å². The Kier molecular flexibility index (Phi) is 30.9. The number of hydrogen-bond acceptors (Lipinski definition) is 3. The van der Waals surface area contributed by atoms with Crippen molar-refractivity contribution in [2.45, 2.75) is 136 Å². The summed E-state index contributed by atoms with van der Waals surface area (Å²) in [6, 6.07) is 0. The number of nitrogens with zero attached hydrogens (tertiary/aromatic N) is 1. The first-order valence-electron chi connectivity index (χ1n) is 15.1. The van der Waals surface area contributed by atoms with Gasteiger partial charge in [-0.1, -0.05) is 103 Å². The molecule has 0 radical (unpaired) electrons. The SMILES string of the molecule is CCCCCCCCCCCCCCCCCCOCC(COCCCC[N+](C)(C)C)OCC.[Br-]. The van der Waals surface area contributed by atoms with Crippen molar-refractivity contribution in [2.75, 3.05) is 60.7 Å². The van der Waals surface area contributed by atoms with Gasteiger partial charge in [0.25, 0.3) is 0 Å². The van der Waals surface area contributed by atoms with Crippen LogP contribution in [0.5, 0.6) is 0 Å². The number of hydrogen-bond donors (Lipinski definition) is 0. The standard InChI is InChI=1S/C30H64NO3.BrH/c1-6-8-9-10-11-12-13-14-15-16-17-18-19-20-21-23-26-32-28-30(34-7-2)29-33-27-24-22-25-31(3,4)5;/h30H,6-29H2,1-5H3;1H/q+1;/p-1. The highest BCUT2D eigenvalue weighted by atomic mass is 79.9. The molecule has 0 heterocycles. The molecule has 0 saturated carbocycles. The molecule has 0 aromatic rings. The van der Waals surface area contributed by atoms with E-state index in [1.165, 1.54) is 116 Å².